The van der Waals surface area contributed by atoms with Crippen molar-refractivity contribution in [2.45, 2.75) is 6.42 Å². The van der Waals surface area contributed by atoms with Gasteiger partial charge in [0.2, 0.25) is 5.91 Å². The van der Waals surface area contributed by atoms with Gasteiger partial charge in [0.1, 0.15) is 12.1 Å². The smallest absolute Gasteiger partial charge is 0.251 e. The van der Waals surface area contributed by atoms with E-state index < -0.39 is 0 Å². The zero-order valence-electron chi connectivity index (χ0n) is 16.6. The highest BCUT2D eigenvalue weighted by Crippen LogP contribution is 2.23. The lowest BCUT2D eigenvalue weighted by Gasteiger charge is -2.35. The van der Waals surface area contributed by atoms with Crippen LogP contribution >= 0.6 is 11.6 Å². The molecule has 0 bridgehead atoms. The third-order valence-electron chi connectivity index (χ3n) is 5.17. The summed E-state index contributed by atoms with van der Waals surface area (Å²) in [5.74, 6) is 0.657. The molecule has 1 fully saturated rings. The zero-order chi connectivity index (χ0) is 21.1. The average molecular weight is 428 g/mol. The molecule has 1 aliphatic rings. The van der Waals surface area contributed by atoms with Crippen LogP contribution in [0.25, 0.3) is 11.0 Å². The highest BCUT2D eigenvalue weighted by Gasteiger charge is 2.23. The van der Waals surface area contributed by atoms with Gasteiger partial charge in [0.15, 0.2) is 5.65 Å². The molecule has 1 aromatic carbocycles. The molecule has 0 radical (unpaired) electrons. The molecule has 0 unspecified atom stereocenters. The fourth-order valence-corrected chi connectivity index (χ4v) is 3.64. The Labute approximate surface area is 178 Å². The standard InChI is InChI=1S/C20H22ClN7O2/c1-26-18-16(12-25-26)19(24-13-23-18)28-10-8-27(9-11-28)17(29)6-7-22-20(30)14-2-4-15(21)5-3-14/h2-5,12-13H,6-11H2,1H3,(H,22,30). The van der Waals surface area contributed by atoms with Crippen LogP contribution in [0.1, 0.15) is 16.8 Å². The molecule has 1 aliphatic heterocycles. The van der Waals surface area contributed by atoms with Crippen LogP contribution in [-0.4, -0.2) is 69.2 Å². The molecule has 0 saturated carbocycles. The molecule has 2 aromatic heterocycles. The summed E-state index contributed by atoms with van der Waals surface area (Å²) < 4.78 is 1.72. The van der Waals surface area contributed by atoms with Crippen LogP contribution in [0.5, 0.6) is 0 Å². The molecule has 30 heavy (non-hydrogen) atoms. The number of piperazine rings is 1. The van der Waals surface area contributed by atoms with E-state index in [1.54, 1.807) is 41.5 Å². The average Bonchev–Trinajstić information content (AvgIpc) is 3.15. The van der Waals surface area contributed by atoms with Crippen LogP contribution in [0.2, 0.25) is 5.02 Å². The Morgan fingerprint density at radius 2 is 1.83 bits per heavy atom. The van der Waals surface area contributed by atoms with E-state index >= 15 is 0 Å². The summed E-state index contributed by atoms with van der Waals surface area (Å²) in [5.41, 5.74) is 1.31. The molecule has 1 saturated heterocycles. The third-order valence-corrected chi connectivity index (χ3v) is 5.42. The lowest BCUT2D eigenvalue weighted by atomic mass is 10.2. The fraction of sp³-hybridized carbons (Fsp3) is 0.350. The largest absolute Gasteiger partial charge is 0.352 e. The Kier molecular flexibility index (Phi) is 5.80. The molecule has 4 rings (SSSR count). The topological polar surface area (TPSA) is 96.2 Å². The van der Waals surface area contributed by atoms with Gasteiger partial charge in [-0.05, 0) is 24.3 Å². The van der Waals surface area contributed by atoms with Crippen molar-refractivity contribution in [2.24, 2.45) is 7.05 Å². The van der Waals surface area contributed by atoms with Gasteiger partial charge in [-0.25, -0.2) is 9.97 Å². The molecule has 3 aromatic rings. The molecule has 3 heterocycles. The Balaban J connectivity index is 1.27. The van der Waals surface area contributed by atoms with Crippen molar-refractivity contribution in [3.8, 4) is 0 Å². The molecule has 1 N–H and O–H groups in total. The number of rotatable bonds is 5. The molecule has 156 valence electrons. The van der Waals surface area contributed by atoms with E-state index in [1.165, 1.54) is 0 Å². The number of aromatic nitrogens is 4. The van der Waals surface area contributed by atoms with E-state index in [0.717, 1.165) is 16.9 Å². The van der Waals surface area contributed by atoms with Gasteiger partial charge >= 0.3 is 0 Å². The van der Waals surface area contributed by atoms with Gasteiger partial charge in [0, 0.05) is 56.8 Å². The molecular formula is C20H22ClN7O2. The number of halogens is 1. The number of carbonyl (C=O) groups is 2. The second-order valence-corrected chi connectivity index (χ2v) is 7.52. The van der Waals surface area contributed by atoms with Gasteiger partial charge in [0.05, 0.1) is 11.6 Å². The lowest BCUT2D eigenvalue weighted by molar-refractivity contribution is -0.131. The molecule has 9 nitrogen and oxygen atoms in total. The first-order valence-electron chi connectivity index (χ1n) is 9.72. The van der Waals surface area contributed by atoms with Crippen molar-refractivity contribution in [1.82, 2.24) is 30.0 Å². The molecule has 0 spiro atoms. The number of hydrogen-bond acceptors (Lipinski definition) is 6. The number of nitrogens with one attached hydrogen (secondary N) is 1. The second-order valence-electron chi connectivity index (χ2n) is 7.08. The quantitative estimate of drug-likeness (QED) is 0.662. The minimum absolute atomic E-state index is 0.0280. The van der Waals surface area contributed by atoms with Crippen LogP contribution < -0.4 is 10.2 Å². The Bertz CT molecular complexity index is 1060. The van der Waals surface area contributed by atoms with E-state index in [2.05, 4.69) is 25.3 Å². The van der Waals surface area contributed by atoms with Crippen molar-refractivity contribution in [3.05, 3.63) is 47.4 Å². The van der Waals surface area contributed by atoms with Crippen molar-refractivity contribution in [3.63, 3.8) is 0 Å². The highest BCUT2D eigenvalue weighted by atomic mass is 35.5. The summed E-state index contributed by atoms with van der Waals surface area (Å²) >= 11 is 5.83. The number of nitrogens with zero attached hydrogens (tertiary/aromatic N) is 6. The predicted molar refractivity (Wildman–Crippen MR) is 113 cm³/mol. The van der Waals surface area contributed by atoms with Crippen molar-refractivity contribution < 1.29 is 9.59 Å². The number of aryl methyl sites for hydroxylation is 1. The van der Waals surface area contributed by atoms with Crippen LogP contribution in [0, 0.1) is 0 Å². The van der Waals surface area contributed by atoms with Gasteiger partial charge in [-0.3, -0.25) is 14.3 Å². The Morgan fingerprint density at radius 1 is 1.10 bits per heavy atom. The second kappa shape index (κ2) is 8.66. The van der Waals surface area contributed by atoms with Crippen LogP contribution in [-0.2, 0) is 11.8 Å². The normalized spacial score (nSPS) is 14.2. The third kappa shape index (κ3) is 4.20. The van der Waals surface area contributed by atoms with E-state index in [1.807, 2.05) is 11.9 Å². The fourth-order valence-electron chi connectivity index (χ4n) is 3.51. The van der Waals surface area contributed by atoms with Crippen LogP contribution in [0.15, 0.2) is 36.8 Å². The van der Waals surface area contributed by atoms with Crippen molar-refractivity contribution >= 4 is 40.3 Å². The van der Waals surface area contributed by atoms with E-state index in [0.29, 0.717) is 43.3 Å². The first-order valence-corrected chi connectivity index (χ1v) is 10.1. The number of carbonyl (C=O) groups excluding carboxylic acids is 2. The summed E-state index contributed by atoms with van der Waals surface area (Å²) in [6, 6.07) is 6.65. The van der Waals surface area contributed by atoms with E-state index in [9.17, 15) is 9.59 Å². The number of anilines is 1. The SMILES string of the molecule is Cn1ncc2c(N3CCN(C(=O)CCNC(=O)c4ccc(Cl)cc4)CC3)ncnc21. The van der Waals surface area contributed by atoms with E-state index in [-0.39, 0.29) is 18.2 Å². The van der Waals surface area contributed by atoms with Gasteiger partial charge in [-0.2, -0.15) is 5.10 Å². The summed E-state index contributed by atoms with van der Waals surface area (Å²) in [7, 11) is 1.85. The molecule has 2 amide bonds. The molecule has 10 heteroatoms. The maximum absolute atomic E-state index is 12.5. The van der Waals surface area contributed by atoms with Gasteiger partial charge in [-0.15, -0.1) is 0 Å². The Morgan fingerprint density at radius 3 is 2.57 bits per heavy atom. The van der Waals surface area contributed by atoms with Gasteiger partial charge in [-0.1, -0.05) is 11.6 Å². The van der Waals surface area contributed by atoms with E-state index in [4.69, 9.17) is 11.6 Å². The maximum atomic E-state index is 12.5. The first-order chi connectivity index (χ1) is 14.5. The summed E-state index contributed by atoms with van der Waals surface area (Å²) in [5, 5.41) is 8.51. The summed E-state index contributed by atoms with van der Waals surface area (Å²) in [4.78, 5) is 37.3. The lowest BCUT2D eigenvalue weighted by Crippen LogP contribution is -2.49. The minimum Gasteiger partial charge on any atom is -0.352 e. The van der Waals surface area contributed by atoms with Crippen molar-refractivity contribution in [1.29, 1.82) is 0 Å². The molecule has 0 atom stereocenters. The minimum atomic E-state index is -0.214. The number of fused-ring (bicyclic) bond motifs is 1. The monoisotopic (exact) mass is 427 g/mol. The first kappa shape index (κ1) is 20.1. The molecular weight excluding hydrogens is 406 g/mol. The molecule has 0 aliphatic carbocycles. The predicted octanol–water partition coefficient (Wildman–Crippen LogP) is 1.49. The van der Waals surface area contributed by atoms with Crippen LogP contribution in [0.3, 0.4) is 0 Å². The number of amides is 2. The highest BCUT2D eigenvalue weighted by molar-refractivity contribution is 6.30. The number of benzene rings is 1. The van der Waals surface area contributed by atoms with Crippen LogP contribution in [0.4, 0.5) is 5.82 Å². The maximum Gasteiger partial charge on any atom is 0.251 e. The van der Waals surface area contributed by atoms with Gasteiger partial charge < -0.3 is 15.1 Å². The number of hydrogen-bond donors (Lipinski definition) is 1. The summed E-state index contributed by atoms with van der Waals surface area (Å²) in [6.07, 6.45) is 3.57. The van der Waals surface area contributed by atoms with Crippen molar-refractivity contribution in [2.75, 3.05) is 37.6 Å². The Hall–Kier alpha value is -3.20. The zero-order valence-corrected chi connectivity index (χ0v) is 17.3. The van der Waals surface area contributed by atoms with Gasteiger partial charge in [0.25, 0.3) is 5.91 Å². The summed E-state index contributed by atoms with van der Waals surface area (Å²) in [6.45, 7) is 2.88.